The molecule has 0 aliphatic rings. The molecule has 0 amide bonds. The molecule has 5 N–H and O–H groups in total. The molecule has 0 aliphatic carbocycles. The van der Waals surface area contributed by atoms with Crippen molar-refractivity contribution in [3.05, 3.63) is 44.3 Å². The van der Waals surface area contributed by atoms with Gasteiger partial charge in [0.05, 0.1) is 65.4 Å². The molecule has 48 heavy (non-hydrogen) atoms. The minimum atomic E-state index is -3.46. The van der Waals surface area contributed by atoms with Gasteiger partial charge >= 0.3 is 0 Å². The minimum Gasteiger partial charge on any atom is -0.394 e. The Morgan fingerprint density at radius 3 is 1.77 bits per heavy atom. The Bertz CT molecular complexity index is 1850. The van der Waals surface area contributed by atoms with Gasteiger partial charge in [-0.15, -0.1) is 0 Å². The zero-order chi connectivity index (χ0) is 36.1. The van der Waals surface area contributed by atoms with Gasteiger partial charge in [-0.05, 0) is 85.0 Å². The maximum absolute atomic E-state index is 11.5. The number of nitriles is 2. The third kappa shape index (κ3) is 11.7. The van der Waals surface area contributed by atoms with Crippen LogP contribution in [0.2, 0.25) is 0 Å². The summed E-state index contributed by atoms with van der Waals surface area (Å²) in [6, 6.07) is 7.40. The Balaban J connectivity index is 0.000000293. The lowest BCUT2D eigenvalue weighted by Gasteiger charge is -2.22. The van der Waals surface area contributed by atoms with Gasteiger partial charge in [0.1, 0.15) is 7.40 Å². The number of aliphatic hydroxyl groups excluding tert-OH is 2. The molecule has 0 unspecified atom stereocenters. The van der Waals surface area contributed by atoms with E-state index in [0.717, 1.165) is 21.2 Å². The Morgan fingerprint density at radius 2 is 1.35 bits per heavy atom. The van der Waals surface area contributed by atoms with Crippen LogP contribution in [0, 0.1) is 30.1 Å². The molecule has 258 valence electrons. The Kier molecular flexibility index (Phi) is 15.7. The van der Waals surface area contributed by atoms with Gasteiger partial charge in [-0.2, -0.15) is 20.7 Å². The topological polar surface area (TPSA) is 247 Å². The zero-order valence-electron chi connectivity index (χ0n) is 27.1. The summed E-state index contributed by atoms with van der Waals surface area (Å²) < 4.78 is 27.9. The lowest BCUT2D eigenvalue weighted by atomic mass is 10.1. The first-order valence-electron chi connectivity index (χ1n) is 14.3. The molecule has 4 aromatic heterocycles. The van der Waals surface area contributed by atoms with Crippen molar-refractivity contribution in [3.63, 3.8) is 0 Å². The fourth-order valence-corrected chi connectivity index (χ4v) is 5.19. The van der Waals surface area contributed by atoms with Gasteiger partial charge in [-0.25, -0.2) is 28.4 Å². The van der Waals surface area contributed by atoms with Gasteiger partial charge < -0.3 is 21.3 Å². The van der Waals surface area contributed by atoms with Crippen LogP contribution in [0.15, 0.2) is 42.1 Å². The van der Waals surface area contributed by atoms with E-state index in [2.05, 4.69) is 86.7 Å². The lowest BCUT2D eigenvalue weighted by Crippen LogP contribution is -2.30. The van der Waals surface area contributed by atoms with Crippen LogP contribution >= 0.6 is 45.2 Å². The number of nitrogens with two attached hydrogens (primary N) is 1. The first kappa shape index (κ1) is 40.8. The van der Waals surface area contributed by atoms with Crippen LogP contribution in [-0.2, 0) is 20.9 Å². The number of hydrogen-bond donors (Lipinski definition) is 4. The number of hydrogen-bond acceptors (Lipinski definition) is 14. The number of sulfone groups is 1. The molecule has 0 bridgehead atoms. The fourth-order valence-electron chi connectivity index (χ4n) is 3.37. The predicted octanol–water partition coefficient (Wildman–Crippen LogP) is 2.93. The molecule has 0 fully saturated rings. The smallest absolute Gasteiger partial charge is 0.247 e. The van der Waals surface area contributed by atoms with Crippen molar-refractivity contribution in [1.29, 1.82) is 10.5 Å². The molecule has 16 nitrogen and oxygen atoms in total. The molecule has 0 saturated carbocycles. The molecular formula is C29H38I2N12O4S. The summed E-state index contributed by atoms with van der Waals surface area (Å²) in [5, 5.41) is 46.7. The third-order valence-electron chi connectivity index (χ3n) is 6.30. The van der Waals surface area contributed by atoms with E-state index in [4.69, 9.17) is 16.3 Å². The number of aromatic nitrogens is 8. The molecule has 0 atom stereocenters. The molecular weight excluding hydrogens is 866 g/mol. The molecule has 0 aliphatic heterocycles. The van der Waals surface area contributed by atoms with Crippen LogP contribution in [0.1, 0.15) is 40.5 Å². The van der Waals surface area contributed by atoms with E-state index in [1.54, 1.807) is 27.8 Å². The average molecular weight is 905 g/mol. The fraction of sp³-hybridized carbons (Fsp3) is 0.448. The summed E-state index contributed by atoms with van der Waals surface area (Å²) in [7, 11) is -3.46. The number of halogens is 2. The maximum atomic E-state index is 11.5. The number of aliphatic hydroxyl groups is 2. The average Bonchev–Trinajstić information content (AvgIpc) is 3.65. The summed E-state index contributed by atoms with van der Waals surface area (Å²) in [6.45, 7) is 8.44. The number of anilines is 1. The summed E-state index contributed by atoms with van der Waals surface area (Å²) in [5.74, 6) is 0.484. The SMILES string of the molecule is CC(C)(CO)n1cc(-c2ccnc(NCCC#N)n2)c(I)n1.CC(C)(CO)n1cc(-c2ccnc(S(C)(=O)=O)n2)c(I)n1.N#CCCN. The van der Waals surface area contributed by atoms with Crippen molar-refractivity contribution in [2.45, 2.75) is 56.8 Å². The Morgan fingerprint density at radius 1 is 0.875 bits per heavy atom. The summed E-state index contributed by atoms with van der Waals surface area (Å²) in [4.78, 5) is 16.4. The van der Waals surface area contributed by atoms with E-state index in [-0.39, 0.29) is 18.4 Å². The van der Waals surface area contributed by atoms with Gasteiger partial charge in [0, 0.05) is 50.6 Å². The van der Waals surface area contributed by atoms with Crippen molar-refractivity contribution < 1.29 is 18.6 Å². The van der Waals surface area contributed by atoms with Crippen molar-refractivity contribution >= 4 is 61.0 Å². The van der Waals surface area contributed by atoms with Gasteiger partial charge in [0.2, 0.25) is 20.9 Å². The largest absolute Gasteiger partial charge is 0.394 e. The highest BCUT2D eigenvalue weighted by molar-refractivity contribution is 14.1. The van der Waals surface area contributed by atoms with Gasteiger partial charge in [-0.3, -0.25) is 9.36 Å². The van der Waals surface area contributed by atoms with Crippen LogP contribution in [0.4, 0.5) is 5.95 Å². The second-order valence-electron chi connectivity index (χ2n) is 11.3. The zero-order valence-corrected chi connectivity index (χ0v) is 32.3. The van der Waals surface area contributed by atoms with E-state index in [9.17, 15) is 18.6 Å². The van der Waals surface area contributed by atoms with Crippen LogP contribution < -0.4 is 11.1 Å². The summed E-state index contributed by atoms with van der Waals surface area (Å²) >= 11 is 4.20. The Labute approximate surface area is 307 Å². The second-order valence-corrected chi connectivity index (χ2v) is 15.2. The van der Waals surface area contributed by atoms with Crippen LogP contribution in [0.3, 0.4) is 0 Å². The molecule has 0 aromatic carbocycles. The summed E-state index contributed by atoms with van der Waals surface area (Å²) in [5.41, 5.74) is 6.70. The predicted molar refractivity (Wildman–Crippen MR) is 196 cm³/mol. The van der Waals surface area contributed by atoms with E-state index < -0.39 is 20.9 Å². The van der Waals surface area contributed by atoms with E-state index >= 15 is 0 Å². The molecule has 19 heteroatoms. The van der Waals surface area contributed by atoms with E-state index in [1.165, 1.54) is 6.20 Å². The number of nitrogens with zero attached hydrogens (tertiary/aromatic N) is 10. The highest BCUT2D eigenvalue weighted by Crippen LogP contribution is 2.27. The first-order chi connectivity index (χ1) is 22.5. The lowest BCUT2D eigenvalue weighted by molar-refractivity contribution is 0.152. The van der Waals surface area contributed by atoms with Crippen molar-refractivity contribution in [2.24, 2.45) is 5.73 Å². The van der Waals surface area contributed by atoms with Gasteiger partial charge in [0.15, 0.2) is 0 Å². The standard InChI is InChI=1S/C14H17IN6O.C12H15IN4O3S.C3H6N2/c1-14(2,9-22)21-8-10(12(15)20-21)11-4-7-18-13(19-11)17-6-3-5-16;1-12(2,7-18)17-6-8(10(13)16-17)9-4-5-14-11(15-9)21(3,19)20;4-2-1-3-5/h4,7-8,22H,3,6,9H2,1-2H3,(H,17,18,19);4-6,18H,7H2,1-3H3;1-2,4H2. The normalized spacial score (nSPS) is 11.3. The molecule has 0 spiro atoms. The van der Waals surface area contributed by atoms with Crippen LogP contribution in [0.25, 0.3) is 22.5 Å². The quantitative estimate of drug-likeness (QED) is 0.0961. The molecule has 4 rings (SSSR count). The van der Waals surface area contributed by atoms with E-state index in [0.29, 0.717) is 46.8 Å². The minimum absolute atomic E-state index is 0.00502. The van der Waals surface area contributed by atoms with Crippen molar-refractivity contribution in [2.75, 3.05) is 37.9 Å². The first-order valence-corrected chi connectivity index (χ1v) is 18.4. The monoisotopic (exact) mass is 904 g/mol. The number of rotatable bonds is 11. The molecule has 0 radical (unpaired) electrons. The molecule has 4 aromatic rings. The van der Waals surface area contributed by atoms with Gasteiger partial charge in [-0.1, -0.05) is 0 Å². The van der Waals surface area contributed by atoms with Gasteiger partial charge in [0.25, 0.3) is 0 Å². The molecule has 0 saturated heterocycles. The maximum Gasteiger partial charge on any atom is 0.247 e. The van der Waals surface area contributed by atoms with Crippen LogP contribution in [0.5, 0.6) is 0 Å². The molecule has 4 heterocycles. The van der Waals surface area contributed by atoms with Crippen molar-refractivity contribution in [1.82, 2.24) is 39.5 Å². The highest BCUT2D eigenvalue weighted by Gasteiger charge is 2.24. The highest BCUT2D eigenvalue weighted by atomic mass is 127. The van der Waals surface area contributed by atoms with E-state index in [1.807, 2.05) is 46.0 Å². The third-order valence-corrected chi connectivity index (χ3v) is 8.75. The second kappa shape index (κ2) is 18.4. The van der Waals surface area contributed by atoms with Crippen LogP contribution in [-0.4, -0.2) is 90.7 Å². The summed E-state index contributed by atoms with van der Waals surface area (Å²) in [6.07, 6.45) is 8.62. The van der Waals surface area contributed by atoms with Crippen molar-refractivity contribution in [3.8, 4) is 34.7 Å². The number of nitrogens with one attached hydrogen (secondary N) is 1. The Hall–Kier alpha value is -3.35.